The first-order valence-corrected chi connectivity index (χ1v) is 8.97. The van der Waals surface area contributed by atoms with Crippen molar-refractivity contribution in [2.24, 2.45) is 0 Å². The zero-order valence-corrected chi connectivity index (χ0v) is 15.7. The Morgan fingerprint density at radius 3 is 2.34 bits per heavy atom. The van der Waals surface area contributed by atoms with Crippen molar-refractivity contribution in [3.63, 3.8) is 0 Å². The average molecular weight is 395 g/mol. The third kappa shape index (κ3) is 3.79. The first-order chi connectivity index (χ1) is 14.0. The van der Waals surface area contributed by atoms with Crippen molar-refractivity contribution in [2.45, 2.75) is 6.54 Å². The number of hydrogen-bond donors (Lipinski definition) is 0. The number of aromatic nitrogens is 3. The van der Waals surface area contributed by atoms with Crippen molar-refractivity contribution in [1.29, 1.82) is 0 Å². The second kappa shape index (κ2) is 7.70. The molecule has 4 rings (SSSR count). The molecule has 1 fully saturated rings. The van der Waals surface area contributed by atoms with Gasteiger partial charge in [0.05, 0.1) is 25.5 Å². The van der Waals surface area contributed by atoms with Gasteiger partial charge in [0.1, 0.15) is 17.3 Å². The van der Waals surface area contributed by atoms with E-state index in [2.05, 4.69) is 10.3 Å². The van der Waals surface area contributed by atoms with Crippen LogP contribution in [0.25, 0.3) is 5.69 Å². The second-order valence-corrected chi connectivity index (χ2v) is 6.51. The lowest BCUT2D eigenvalue weighted by molar-refractivity contribution is -0.146. The van der Waals surface area contributed by atoms with E-state index in [4.69, 9.17) is 4.74 Å². The Morgan fingerprint density at radius 2 is 1.66 bits per heavy atom. The molecule has 1 saturated heterocycles. The molecule has 0 N–H and O–H groups in total. The van der Waals surface area contributed by atoms with Gasteiger partial charge in [0.2, 0.25) is 0 Å². The van der Waals surface area contributed by atoms with Crippen LogP contribution in [0.2, 0.25) is 0 Å². The van der Waals surface area contributed by atoms with Crippen LogP contribution in [0.3, 0.4) is 0 Å². The molecule has 0 bridgehead atoms. The molecule has 2 aromatic carbocycles. The second-order valence-electron chi connectivity index (χ2n) is 6.51. The van der Waals surface area contributed by atoms with Gasteiger partial charge in [-0.1, -0.05) is 5.21 Å². The molecular weight excluding hydrogens is 377 g/mol. The first-order valence-electron chi connectivity index (χ1n) is 8.97. The molecule has 3 aromatic rings. The van der Waals surface area contributed by atoms with E-state index in [0.29, 0.717) is 24.5 Å². The van der Waals surface area contributed by atoms with E-state index in [-0.39, 0.29) is 6.54 Å². The van der Waals surface area contributed by atoms with Gasteiger partial charge in [-0.25, -0.2) is 9.07 Å². The standard InChI is InChI=1S/C20H18FN5O3/c1-29-18-8-6-17(7-9-18)26-13-15(22-23-26)12-24-10-11-25(20(28)19(24)27)16-4-2-14(21)3-5-16/h2-9,13H,10-12H2,1H3. The molecule has 8 nitrogen and oxygen atoms in total. The van der Waals surface area contributed by atoms with E-state index in [1.54, 1.807) is 18.0 Å². The number of halogens is 1. The van der Waals surface area contributed by atoms with Gasteiger partial charge in [-0.3, -0.25) is 9.59 Å². The van der Waals surface area contributed by atoms with Gasteiger partial charge in [0.25, 0.3) is 0 Å². The number of carbonyl (C=O) groups is 2. The summed E-state index contributed by atoms with van der Waals surface area (Å²) >= 11 is 0. The number of hydrogen-bond acceptors (Lipinski definition) is 5. The molecule has 2 heterocycles. The highest BCUT2D eigenvalue weighted by atomic mass is 19.1. The summed E-state index contributed by atoms with van der Waals surface area (Å²) in [5, 5.41) is 8.18. The lowest BCUT2D eigenvalue weighted by Crippen LogP contribution is -2.54. The monoisotopic (exact) mass is 395 g/mol. The van der Waals surface area contributed by atoms with E-state index in [9.17, 15) is 14.0 Å². The molecule has 0 radical (unpaired) electrons. The Balaban J connectivity index is 1.44. The number of rotatable bonds is 5. The van der Waals surface area contributed by atoms with E-state index in [1.807, 2.05) is 24.3 Å². The summed E-state index contributed by atoms with van der Waals surface area (Å²) in [5.41, 5.74) is 1.86. The maximum absolute atomic E-state index is 13.1. The van der Waals surface area contributed by atoms with Crippen molar-refractivity contribution in [1.82, 2.24) is 19.9 Å². The van der Waals surface area contributed by atoms with Gasteiger partial charge in [-0.05, 0) is 48.5 Å². The highest BCUT2D eigenvalue weighted by Gasteiger charge is 2.33. The van der Waals surface area contributed by atoms with Gasteiger partial charge in [0.15, 0.2) is 0 Å². The number of methoxy groups -OCH3 is 1. The molecule has 2 amide bonds. The Morgan fingerprint density at radius 1 is 0.966 bits per heavy atom. The smallest absolute Gasteiger partial charge is 0.316 e. The van der Waals surface area contributed by atoms with Gasteiger partial charge in [-0.2, -0.15) is 0 Å². The van der Waals surface area contributed by atoms with Crippen molar-refractivity contribution in [3.05, 3.63) is 66.2 Å². The molecule has 9 heteroatoms. The number of benzene rings is 2. The third-order valence-corrected chi connectivity index (χ3v) is 4.68. The number of anilines is 1. The van der Waals surface area contributed by atoms with Crippen LogP contribution in [0.15, 0.2) is 54.7 Å². The summed E-state index contributed by atoms with van der Waals surface area (Å²) in [4.78, 5) is 27.8. The summed E-state index contributed by atoms with van der Waals surface area (Å²) in [5.74, 6) is -0.937. The van der Waals surface area contributed by atoms with Crippen LogP contribution in [0.1, 0.15) is 5.69 Å². The van der Waals surface area contributed by atoms with E-state index < -0.39 is 17.6 Å². The molecule has 0 spiro atoms. The third-order valence-electron chi connectivity index (χ3n) is 4.68. The quantitative estimate of drug-likeness (QED) is 0.616. The van der Waals surface area contributed by atoms with Gasteiger partial charge in [0, 0.05) is 18.8 Å². The van der Waals surface area contributed by atoms with Crippen molar-refractivity contribution < 1.29 is 18.7 Å². The molecule has 0 unspecified atom stereocenters. The van der Waals surface area contributed by atoms with Crippen LogP contribution in [-0.4, -0.2) is 51.9 Å². The van der Waals surface area contributed by atoms with Gasteiger partial charge < -0.3 is 14.5 Å². The van der Waals surface area contributed by atoms with E-state index in [1.165, 1.54) is 34.1 Å². The molecule has 0 saturated carbocycles. The molecule has 1 aliphatic rings. The fourth-order valence-corrected chi connectivity index (χ4v) is 3.12. The van der Waals surface area contributed by atoms with Crippen molar-refractivity contribution >= 4 is 17.5 Å². The molecule has 1 aromatic heterocycles. The highest BCUT2D eigenvalue weighted by Crippen LogP contribution is 2.20. The zero-order chi connectivity index (χ0) is 20.4. The maximum atomic E-state index is 13.1. The lowest BCUT2D eigenvalue weighted by Gasteiger charge is -2.33. The number of nitrogens with zero attached hydrogens (tertiary/aromatic N) is 5. The van der Waals surface area contributed by atoms with Gasteiger partial charge >= 0.3 is 11.8 Å². The molecule has 148 valence electrons. The fourth-order valence-electron chi connectivity index (χ4n) is 3.12. The number of amides is 2. The summed E-state index contributed by atoms with van der Waals surface area (Å²) in [7, 11) is 1.59. The summed E-state index contributed by atoms with van der Waals surface area (Å²) in [6.45, 7) is 0.845. The number of carbonyl (C=O) groups excluding carboxylic acids is 2. The van der Waals surface area contributed by atoms with E-state index >= 15 is 0 Å². The number of piperazine rings is 1. The summed E-state index contributed by atoms with van der Waals surface area (Å²) < 4.78 is 19.8. The minimum atomic E-state index is -0.648. The average Bonchev–Trinajstić information content (AvgIpc) is 3.21. The first kappa shape index (κ1) is 18.6. The van der Waals surface area contributed by atoms with Crippen LogP contribution in [0, 0.1) is 5.82 Å². The van der Waals surface area contributed by atoms with Crippen LogP contribution in [0.5, 0.6) is 5.75 Å². The molecule has 0 atom stereocenters. The van der Waals surface area contributed by atoms with Crippen LogP contribution < -0.4 is 9.64 Å². The predicted octanol–water partition coefficient (Wildman–Crippen LogP) is 1.79. The number of ether oxygens (including phenoxy) is 1. The van der Waals surface area contributed by atoms with Crippen LogP contribution in [0.4, 0.5) is 10.1 Å². The summed E-state index contributed by atoms with van der Waals surface area (Å²) in [6.07, 6.45) is 1.71. The fraction of sp³-hybridized carbons (Fsp3) is 0.200. The van der Waals surface area contributed by atoms with Crippen molar-refractivity contribution in [2.75, 3.05) is 25.1 Å². The Hall–Kier alpha value is -3.75. The molecule has 1 aliphatic heterocycles. The Kier molecular flexibility index (Phi) is 4.94. The normalized spacial score (nSPS) is 14.4. The molecule has 29 heavy (non-hydrogen) atoms. The highest BCUT2D eigenvalue weighted by molar-refractivity contribution is 6.40. The minimum absolute atomic E-state index is 0.179. The maximum Gasteiger partial charge on any atom is 0.316 e. The topological polar surface area (TPSA) is 80.6 Å². The molecular formula is C20H18FN5O3. The van der Waals surface area contributed by atoms with Gasteiger partial charge in [-0.15, -0.1) is 5.10 Å². The lowest BCUT2D eigenvalue weighted by atomic mass is 10.2. The summed E-state index contributed by atoms with van der Waals surface area (Å²) in [6, 6.07) is 12.8. The Bertz CT molecular complexity index is 1030. The SMILES string of the molecule is COc1ccc(-n2cc(CN3CCN(c4ccc(F)cc4)C(=O)C3=O)nn2)cc1. The molecule has 0 aliphatic carbocycles. The van der Waals surface area contributed by atoms with Crippen LogP contribution in [-0.2, 0) is 16.1 Å². The minimum Gasteiger partial charge on any atom is -0.497 e. The van der Waals surface area contributed by atoms with E-state index in [0.717, 1.165) is 11.4 Å². The van der Waals surface area contributed by atoms with Crippen molar-refractivity contribution in [3.8, 4) is 11.4 Å². The zero-order valence-electron chi connectivity index (χ0n) is 15.7. The Labute approximate surface area is 166 Å². The predicted molar refractivity (Wildman–Crippen MR) is 102 cm³/mol. The van der Waals surface area contributed by atoms with Crippen LogP contribution >= 0.6 is 0 Å². The largest absolute Gasteiger partial charge is 0.497 e.